The highest BCUT2D eigenvalue weighted by Gasteiger charge is 2.12. The van der Waals surface area contributed by atoms with Gasteiger partial charge >= 0.3 is 0 Å². The highest BCUT2D eigenvalue weighted by Crippen LogP contribution is 2.20. The summed E-state index contributed by atoms with van der Waals surface area (Å²) in [4.78, 5) is 22.4. The van der Waals surface area contributed by atoms with Crippen LogP contribution in [0.25, 0.3) is 0 Å². The average molecular weight is 371 g/mol. The molecule has 0 aromatic heterocycles. The van der Waals surface area contributed by atoms with Gasteiger partial charge in [-0.25, -0.2) is 0 Å². The molecule has 0 bridgehead atoms. The number of methoxy groups -OCH3 is 1. The Labute approximate surface area is 158 Å². The predicted octanol–water partition coefficient (Wildman–Crippen LogP) is 4.06. The van der Waals surface area contributed by atoms with Crippen LogP contribution < -0.4 is 15.4 Å². The molecule has 1 atom stereocenters. The molecule has 27 heavy (non-hydrogen) atoms. The van der Waals surface area contributed by atoms with Gasteiger partial charge in [0.2, 0.25) is 5.91 Å². The van der Waals surface area contributed by atoms with Crippen molar-refractivity contribution < 1.29 is 14.5 Å². The van der Waals surface area contributed by atoms with Crippen molar-refractivity contribution in [2.24, 2.45) is 0 Å². The third kappa shape index (κ3) is 6.29. The van der Waals surface area contributed by atoms with E-state index in [4.69, 9.17) is 4.74 Å². The maximum Gasteiger partial charge on any atom is 0.269 e. The van der Waals surface area contributed by atoms with Gasteiger partial charge in [0.1, 0.15) is 5.75 Å². The standard InChI is InChI=1S/C20H25N3O4/c1-3-19(15-6-12-18(27-2)13-7-15)22-20(24)5-4-14-21-16-8-10-17(11-9-16)23(25)26/h6-13,19,21H,3-5,14H2,1-2H3,(H,22,24). The Hall–Kier alpha value is -3.09. The Balaban J connectivity index is 1.74. The number of amides is 1. The number of benzene rings is 2. The Morgan fingerprint density at radius 2 is 1.81 bits per heavy atom. The molecule has 2 rings (SSSR count). The van der Waals surface area contributed by atoms with Crippen molar-refractivity contribution in [3.8, 4) is 5.75 Å². The molecule has 0 saturated heterocycles. The fourth-order valence-electron chi connectivity index (χ4n) is 2.71. The molecule has 0 aliphatic rings. The summed E-state index contributed by atoms with van der Waals surface area (Å²) in [6.45, 7) is 2.65. The summed E-state index contributed by atoms with van der Waals surface area (Å²) < 4.78 is 5.16. The van der Waals surface area contributed by atoms with E-state index in [0.717, 1.165) is 23.4 Å². The summed E-state index contributed by atoms with van der Waals surface area (Å²) in [5.41, 5.74) is 1.91. The highest BCUT2D eigenvalue weighted by molar-refractivity contribution is 5.76. The van der Waals surface area contributed by atoms with Crippen molar-refractivity contribution in [2.45, 2.75) is 32.2 Å². The number of hydrogen-bond donors (Lipinski definition) is 2. The number of nitrogens with zero attached hydrogens (tertiary/aromatic N) is 1. The van der Waals surface area contributed by atoms with Crippen LogP contribution in [-0.2, 0) is 4.79 Å². The second kappa shape index (κ2) is 10.2. The molecule has 7 nitrogen and oxygen atoms in total. The summed E-state index contributed by atoms with van der Waals surface area (Å²) >= 11 is 0. The number of rotatable bonds is 10. The first-order chi connectivity index (χ1) is 13.0. The normalized spacial score (nSPS) is 11.5. The summed E-state index contributed by atoms with van der Waals surface area (Å²) in [6, 6.07) is 13.9. The number of nitro benzene ring substituents is 1. The highest BCUT2D eigenvalue weighted by atomic mass is 16.6. The van der Waals surface area contributed by atoms with E-state index >= 15 is 0 Å². The molecular weight excluding hydrogens is 346 g/mol. The number of hydrogen-bond acceptors (Lipinski definition) is 5. The zero-order valence-corrected chi connectivity index (χ0v) is 15.6. The topological polar surface area (TPSA) is 93.5 Å². The third-order valence-electron chi connectivity index (χ3n) is 4.25. The Morgan fingerprint density at radius 3 is 2.37 bits per heavy atom. The van der Waals surface area contributed by atoms with Crippen LogP contribution in [0.5, 0.6) is 5.75 Å². The van der Waals surface area contributed by atoms with Crippen molar-refractivity contribution in [3.05, 3.63) is 64.2 Å². The van der Waals surface area contributed by atoms with E-state index < -0.39 is 4.92 Å². The number of anilines is 1. The lowest BCUT2D eigenvalue weighted by atomic mass is 10.0. The molecule has 2 N–H and O–H groups in total. The van der Waals surface area contributed by atoms with Crippen LogP contribution in [0.2, 0.25) is 0 Å². The fraction of sp³-hybridized carbons (Fsp3) is 0.350. The second-order valence-corrected chi connectivity index (χ2v) is 6.14. The zero-order valence-electron chi connectivity index (χ0n) is 15.6. The molecular formula is C20H25N3O4. The van der Waals surface area contributed by atoms with Crippen molar-refractivity contribution in [3.63, 3.8) is 0 Å². The number of carbonyl (C=O) groups excluding carboxylic acids is 1. The van der Waals surface area contributed by atoms with Crippen LogP contribution in [0.1, 0.15) is 37.8 Å². The molecule has 0 heterocycles. The average Bonchev–Trinajstić information content (AvgIpc) is 2.70. The molecule has 0 aliphatic carbocycles. The minimum Gasteiger partial charge on any atom is -0.497 e. The zero-order chi connectivity index (χ0) is 19.6. The van der Waals surface area contributed by atoms with Crippen LogP contribution >= 0.6 is 0 Å². The predicted molar refractivity (Wildman–Crippen MR) is 105 cm³/mol. The summed E-state index contributed by atoms with van der Waals surface area (Å²) in [5, 5.41) is 16.8. The lowest BCUT2D eigenvalue weighted by molar-refractivity contribution is -0.384. The summed E-state index contributed by atoms with van der Waals surface area (Å²) in [6.07, 6.45) is 1.88. The number of non-ortho nitro benzene ring substituents is 1. The van der Waals surface area contributed by atoms with Crippen LogP contribution in [0, 0.1) is 10.1 Å². The van der Waals surface area contributed by atoms with Crippen LogP contribution in [0.3, 0.4) is 0 Å². The third-order valence-corrected chi connectivity index (χ3v) is 4.25. The minimum atomic E-state index is -0.429. The quantitative estimate of drug-likeness (QED) is 0.373. The molecule has 0 spiro atoms. The molecule has 0 radical (unpaired) electrons. The molecule has 2 aromatic carbocycles. The Bertz CT molecular complexity index is 745. The lowest BCUT2D eigenvalue weighted by Crippen LogP contribution is -2.28. The molecule has 0 saturated carbocycles. The van der Waals surface area contributed by atoms with Gasteiger partial charge in [-0.2, -0.15) is 0 Å². The largest absolute Gasteiger partial charge is 0.497 e. The van der Waals surface area contributed by atoms with Gasteiger partial charge in [0.25, 0.3) is 5.69 Å². The second-order valence-electron chi connectivity index (χ2n) is 6.14. The Kier molecular flexibility index (Phi) is 7.61. The molecule has 1 unspecified atom stereocenters. The van der Waals surface area contributed by atoms with Crippen LogP contribution in [-0.4, -0.2) is 24.5 Å². The van der Waals surface area contributed by atoms with Crippen molar-refractivity contribution in [1.82, 2.24) is 5.32 Å². The van der Waals surface area contributed by atoms with E-state index in [1.54, 1.807) is 19.2 Å². The molecule has 0 aliphatic heterocycles. The maximum absolute atomic E-state index is 12.2. The number of ether oxygens (including phenoxy) is 1. The first kappa shape index (κ1) is 20.2. The number of nitrogens with one attached hydrogen (secondary N) is 2. The number of carbonyl (C=O) groups is 1. The van der Waals surface area contributed by atoms with Gasteiger partial charge in [-0.3, -0.25) is 14.9 Å². The van der Waals surface area contributed by atoms with Gasteiger partial charge in [-0.1, -0.05) is 19.1 Å². The van der Waals surface area contributed by atoms with E-state index in [2.05, 4.69) is 10.6 Å². The summed E-state index contributed by atoms with van der Waals surface area (Å²) in [7, 11) is 1.62. The molecule has 0 fully saturated rings. The number of nitro groups is 1. The molecule has 1 amide bonds. The maximum atomic E-state index is 12.2. The van der Waals surface area contributed by atoms with Crippen LogP contribution in [0.4, 0.5) is 11.4 Å². The van der Waals surface area contributed by atoms with Crippen molar-refractivity contribution in [2.75, 3.05) is 19.0 Å². The lowest BCUT2D eigenvalue weighted by Gasteiger charge is -2.18. The van der Waals surface area contributed by atoms with Crippen molar-refractivity contribution >= 4 is 17.3 Å². The van der Waals surface area contributed by atoms with Gasteiger partial charge < -0.3 is 15.4 Å². The van der Waals surface area contributed by atoms with E-state index in [0.29, 0.717) is 19.4 Å². The fourth-order valence-corrected chi connectivity index (χ4v) is 2.71. The van der Waals surface area contributed by atoms with E-state index in [-0.39, 0.29) is 17.6 Å². The monoisotopic (exact) mass is 371 g/mol. The van der Waals surface area contributed by atoms with E-state index in [1.807, 2.05) is 31.2 Å². The van der Waals surface area contributed by atoms with Gasteiger partial charge in [0.05, 0.1) is 18.1 Å². The van der Waals surface area contributed by atoms with Crippen LogP contribution in [0.15, 0.2) is 48.5 Å². The van der Waals surface area contributed by atoms with E-state index in [1.165, 1.54) is 12.1 Å². The first-order valence-corrected chi connectivity index (χ1v) is 8.95. The Morgan fingerprint density at radius 1 is 1.15 bits per heavy atom. The summed E-state index contributed by atoms with van der Waals surface area (Å²) in [5.74, 6) is 0.792. The van der Waals surface area contributed by atoms with Gasteiger partial charge in [0, 0.05) is 30.8 Å². The smallest absolute Gasteiger partial charge is 0.269 e. The van der Waals surface area contributed by atoms with Gasteiger partial charge in [-0.05, 0) is 42.7 Å². The van der Waals surface area contributed by atoms with Crippen molar-refractivity contribution in [1.29, 1.82) is 0 Å². The molecule has 144 valence electrons. The molecule has 2 aromatic rings. The van der Waals surface area contributed by atoms with Gasteiger partial charge in [-0.15, -0.1) is 0 Å². The minimum absolute atomic E-state index is 0.00293. The molecule has 7 heteroatoms. The van der Waals surface area contributed by atoms with Gasteiger partial charge in [0.15, 0.2) is 0 Å². The SMILES string of the molecule is CCC(NC(=O)CCCNc1ccc([N+](=O)[O-])cc1)c1ccc(OC)cc1. The first-order valence-electron chi connectivity index (χ1n) is 8.95. The van der Waals surface area contributed by atoms with E-state index in [9.17, 15) is 14.9 Å².